The van der Waals surface area contributed by atoms with E-state index in [0.717, 1.165) is 12.8 Å². The minimum absolute atomic E-state index is 0.0289. The summed E-state index contributed by atoms with van der Waals surface area (Å²) in [5.74, 6) is -3.12. The summed E-state index contributed by atoms with van der Waals surface area (Å²) in [4.78, 5) is 89.1. The van der Waals surface area contributed by atoms with Gasteiger partial charge in [0.2, 0.25) is 23.7 Å². The number of nitrogen functional groups attached to an aromatic ring is 1. The zero-order chi connectivity index (χ0) is 50.0. The van der Waals surface area contributed by atoms with Gasteiger partial charge in [-0.2, -0.15) is 4.98 Å². The number of benzene rings is 1. The second-order valence-corrected chi connectivity index (χ2v) is 16.8. The number of carboxylic acids is 1. The van der Waals surface area contributed by atoms with E-state index < -0.39 is 84.7 Å². The zero-order valence-corrected chi connectivity index (χ0v) is 37.8. The van der Waals surface area contributed by atoms with E-state index in [1.807, 2.05) is 0 Å². The van der Waals surface area contributed by atoms with Crippen LogP contribution in [0.25, 0.3) is 11.2 Å². The van der Waals surface area contributed by atoms with Gasteiger partial charge >= 0.3 is 5.97 Å². The Kier molecular flexibility index (Phi) is 20.9. The molecule has 5 unspecified atom stereocenters. The molecule has 2 aliphatic rings. The van der Waals surface area contributed by atoms with Gasteiger partial charge in [-0.1, -0.05) is 12.8 Å². The van der Waals surface area contributed by atoms with Crippen molar-refractivity contribution < 1.29 is 68.8 Å². The van der Waals surface area contributed by atoms with E-state index in [-0.39, 0.29) is 92.8 Å². The Labute approximate surface area is 395 Å². The molecule has 2 aliphatic heterocycles. The molecule has 16 N–H and O–H groups in total. The van der Waals surface area contributed by atoms with Gasteiger partial charge in [-0.15, -0.1) is 0 Å². The van der Waals surface area contributed by atoms with Crippen LogP contribution in [-0.4, -0.2) is 168 Å². The van der Waals surface area contributed by atoms with Gasteiger partial charge < -0.3 is 82.9 Å². The molecule has 26 nitrogen and oxygen atoms in total. The summed E-state index contributed by atoms with van der Waals surface area (Å²) in [7, 11) is 0. The molecule has 2 saturated heterocycles. The minimum Gasteiger partial charge on any atom is -0.480 e. The number of carbonyl (C=O) groups excluding carboxylic acids is 4. The van der Waals surface area contributed by atoms with Crippen molar-refractivity contribution in [1.82, 2.24) is 41.2 Å². The second kappa shape index (κ2) is 26.7. The number of aliphatic carboxylic acids is 1. The third kappa shape index (κ3) is 16.6. The summed E-state index contributed by atoms with van der Waals surface area (Å²) in [5.41, 5.74) is 11.9. The number of carbonyl (C=O) groups is 5. The maximum atomic E-state index is 12.9. The number of anilines is 2. The number of aliphatic hydroxyl groups is 5. The lowest BCUT2D eigenvalue weighted by atomic mass is 9.97. The summed E-state index contributed by atoms with van der Waals surface area (Å²) in [6.45, 7) is 0.666. The summed E-state index contributed by atoms with van der Waals surface area (Å²) in [6, 6.07) is 4.84. The number of nitrogens with one attached hydrogen (secondary N) is 6. The summed E-state index contributed by atoms with van der Waals surface area (Å²) >= 11 is 0. The molecule has 10 atom stereocenters. The molecule has 3 aromatic rings. The molecule has 2 fully saturated rings. The third-order valence-electron chi connectivity index (χ3n) is 11.4. The SMILES string of the molecule is NCCCCCC(=O)NCC1O[C@H](O)C(O)[C@@H](O)[C@@H]1O[C@H]1OC(CNC(=O)CCCCCNC(=O)CCC(NC(=O)c2ccc(NCc3cnc4nc(N)[nH]c(=O)c4n3)cc2)C(=O)O)C[C@H](O)C1O. The van der Waals surface area contributed by atoms with Crippen molar-refractivity contribution in [2.24, 2.45) is 5.73 Å². The molecular formula is C43H63N11O15. The van der Waals surface area contributed by atoms with E-state index in [0.29, 0.717) is 43.6 Å². The maximum Gasteiger partial charge on any atom is 0.326 e. The second-order valence-electron chi connectivity index (χ2n) is 16.8. The van der Waals surface area contributed by atoms with Gasteiger partial charge in [-0.3, -0.25) is 29.0 Å². The van der Waals surface area contributed by atoms with Crippen LogP contribution in [0.5, 0.6) is 0 Å². The number of aromatic nitrogens is 4. The molecule has 0 spiro atoms. The number of carboxylic acid groups (broad SMARTS) is 1. The van der Waals surface area contributed by atoms with Crippen LogP contribution >= 0.6 is 0 Å². The van der Waals surface area contributed by atoms with Crippen LogP contribution in [-0.2, 0) is 39.9 Å². The number of hydrogen-bond donors (Lipinski definition) is 14. The molecule has 4 amide bonds. The van der Waals surface area contributed by atoms with Crippen molar-refractivity contribution in [2.45, 2.75) is 139 Å². The number of nitrogens with zero attached hydrogens (tertiary/aromatic N) is 3. The topological polar surface area (TPSA) is 418 Å². The van der Waals surface area contributed by atoms with Crippen LogP contribution in [0, 0.1) is 0 Å². The maximum absolute atomic E-state index is 12.9. The lowest BCUT2D eigenvalue weighted by molar-refractivity contribution is -0.339. The molecule has 1 aromatic carbocycles. The molecule has 4 heterocycles. The summed E-state index contributed by atoms with van der Waals surface area (Å²) in [6.07, 6.45) is -8.23. The Morgan fingerprint density at radius 1 is 0.826 bits per heavy atom. The molecular weight excluding hydrogens is 911 g/mol. The van der Waals surface area contributed by atoms with Crippen LogP contribution in [0.3, 0.4) is 0 Å². The Morgan fingerprint density at radius 3 is 2.20 bits per heavy atom. The highest BCUT2D eigenvalue weighted by molar-refractivity contribution is 5.97. The molecule has 5 rings (SSSR count). The first-order valence-corrected chi connectivity index (χ1v) is 22.8. The number of H-pyrrole nitrogens is 1. The number of aromatic amines is 1. The first kappa shape index (κ1) is 54.0. The van der Waals surface area contributed by atoms with Gasteiger partial charge in [-0.25, -0.2) is 14.8 Å². The molecule has 0 bridgehead atoms. The van der Waals surface area contributed by atoms with E-state index in [1.54, 1.807) is 12.1 Å². The van der Waals surface area contributed by atoms with Gasteiger partial charge in [-0.05, 0) is 62.9 Å². The number of unbranched alkanes of at least 4 members (excludes halogenated alkanes) is 4. The van der Waals surface area contributed by atoms with Crippen LogP contribution in [0.4, 0.5) is 11.6 Å². The molecule has 0 radical (unpaired) electrons. The number of amides is 4. The molecule has 69 heavy (non-hydrogen) atoms. The first-order chi connectivity index (χ1) is 33.0. The highest BCUT2D eigenvalue weighted by Crippen LogP contribution is 2.28. The van der Waals surface area contributed by atoms with Crippen molar-refractivity contribution in [1.29, 1.82) is 0 Å². The van der Waals surface area contributed by atoms with Crippen molar-refractivity contribution in [2.75, 3.05) is 37.2 Å². The number of rotatable bonds is 26. The number of nitrogens with two attached hydrogens (primary N) is 2. The molecule has 0 saturated carbocycles. The molecule has 26 heteroatoms. The summed E-state index contributed by atoms with van der Waals surface area (Å²) in [5, 5.41) is 75.7. The van der Waals surface area contributed by atoms with Crippen molar-refractivity contribution >= 4 is 52.4 Å². The average molecular weight is 974 g/mol. The van der Waals surface area contributed by atoms with Gasteiger partial charge in [0.1, 0.15) is 36.6 Å². The largest absolute Gasteiger partial charge is 0.480 e. The zero-order valence-electron chi connectivity index (χ0n) is 37.8. The normalized spacial score (nSPS) is 23.9. The Hall–Kier alpha value is -5.97. The van der Waals surface area contributed by atoms with E-state index in [4.69, 9.17) is 25.7 Å². The molecule has 2 aromatic heterocycles. The van der Waals surface area contributed by atoms with Crippen LogP contribution < -0.4 is 43.6 Å². The number of fused-ring (bicyclic) bond motifs is 1. The highest BCUT2D eigenvalue weighted by Gasteiger charge is 2.48. The van der Waals surface area contributed by atoms with Crippen LogP contribution in [0.2, 0.25) is 0 Å². The predicted octanol–water partition coefficient (Wildman–Crippen LogP) is -3.04. The van der Waals surface area contributed by atoms with Crippen molar-refractivity contribution in [3.63, 3.8) is 0 Å². The van der Waals surface area contributed by atoms with Crippen LogP contribution in [0.1, 0.15) is 86.7 Å². The standard InChI is InChI=1S/C43H63N11O15/c44-15-5-1-3-7-30(57)49-21-28-36(34(60)35(61)41(66)68-28)69-42-33(59)27(55)17-25(67-42)20-48-29(56)8-4-2-6-16-46-31(58)14-13-26(40(64)65)52-38(62)22-9-11-23(12-10-22)47-18-24-19-50-37-32(51-24)39(63)54-43(45)53-37/h9-12,19,25-28,33-36,41-42,47,55,59-61,66H,1-8,13-18,20-21,44H2,(H,46,58)(H,48,56)(H,49,57)(H,52,62)(H,64,65)(H3,45,50,53,54,63)/t25?,26?,27-,28?,33?,34+,35?,36+,41-,42+/m0/s1. The average Bonchev–Trinajstić information content (AvgIpc) is 3.32. The lowest BCUT2D eigenvalue weighted by Gasteiger charge is -2.44. The molecule has 380 valence electrons. The van der Waals surface area contributed by atoms with E-state index in [9.17, 15) is 59.4 Å². The quantitative estimate of drug-likeness (QED) is 0.0356. The predicted molar refractivity (Wildman–Crippen MR) is 242 cm³/mol. The minimum atomic E-state index is -1.80. The fraction of sp³-hybridized carbons (Fsp3) is 0.605. The van der Waals surface area contributed by atoms with Gasteiger partial charge in [0.05, 0.1) is 30.6 Å². The molecule has 0 aliphatic carbocycles. The van der Waals surface area contributed by atoms with Crippen molar-refractivity contribution in [3.8, 4) is 0 Å². The van der Waals surface area contributed by atoms with E-state index in [1.165, 1.54) is 18.3 Å². The Balaban J connectivity index is 0.956. The lowest BCUT2D eigenvalue weighted by Crippen LogP contribution is -2.63. The smallest absolute Gasteiger partial charge is 0.326 e. The number of aliphatic hydroxyl groups excluding tert-OH is 5. The summed E-state index contributed by atoms with van der Waals surface area (Å²) < 4.78 is 17.0. The van der Waals surface area contributed by atoms with E-state index >= 15 is 0 Å². The first-order valence-electron chi connectivity index (χ1n) is 22.8. The van der Waals surface area contributed by atoms with E-state index in [2.05, 4.69) is 46.5 Å². The van der Waals surface area contributed by atoms with Gasteiger partial charge in [0, 0.05) is 56.6 Å². The number of hydrogen-bond acceptors (Lipinski definition) is 20. The van der Waals surface area contributed by atoms with Crippen molar-refractivity contribution in [3.05, 3.63) is 52.1 Å². The Morgan fingerprint density at radius 2 is 1.51 bits per heavy atom. The Bertz CT molecular complexity index is 2240. The monoisotopic (exact) mass is 973 g/mol. The third-order valence-corrected chi connectivity index (χ3v) is 11.4. The number of ether oxygens (including phenoxy) is 3. The van der Waals surface area contributed by atoms with Gasteiger partial charge in [0.25, 0.3) is 11.5 Å². The fourth-order valence-corrected chi connectivity index (χ4v) is 7.46. The fourth-order valence-electron chi connectivity index (χ4n) is 7.46. The van der Waals surface area contributed by atoms with Crippen LogP contribution in [0.15, 0.2) is 35.3 Å². The highest BCUT2D eigenvalue weighted by atomic mass is 16.7. The van der Waals surface area contributed by atoms with Gasteiger partial charge in [0.15, 0.2) is 23.7 Å².